The van der Waals surface area contributed by atoms with Crippen LogP contribution in [0.5, 0.6) is 0 Å². The van der Waals surface area contributed by atoms with Gasteiger partial charge in [-0.2, -0.15) is 0 Å². The van der Waals surface area contributed by atoms with Crippen LogP contribution >= 0.6 is 27.6 Å². The van der Waals surface area contributed by atoms with Crippen molar-refractivity contribution in [1.29, 1.82) is 0 Å². The maximum atomic E-state index is 3.40. The van der Waals surface area contributed by atoms with Crippen LogP contribution in [0.3, 0.4) is 0 Å². The molecule has 4 rings (SSSR count). The molecule has 0 saturated heterocycles. The van der Waals surface area contributed by atoms with Crippen LogP contribution in [0.1, 0.15) is 6.99 Å². The van der Waals surface area contributed by atoms with Gasteiger partial charge in [-0.1, -0.05) is 0 Å². The molecule has 1 unspecified atom stereocenters. The van der Waals surface area contributed by atoms with Crippen LogP contribution in [0.2, 0.25) is 0 Å². The van der Waals surface area contributed by atoms with E-state index in [2.05, 4.69) is 130 Å². The molecule has 0 nitrogen and oxygen atoms in total. The van der Waals surface area contributed by atoms with Crippen molar-refractivity contribution in [2.75, 3.05) is 0 Å². The first-order valence-corrected chi connectivity index (χ1v) is 13.3. The molecule has 4 aromatic carbocycles. The molecule has 0 fully saturated rings. The predicted molar refractivity (Wildman–Crippen MR) is 133 cm³/mol. The van der Waals surface area contributed by atoms with E-state index >= 15 is 0 Å². The van der Waals surface area contributed by atoms with Crippen molar-refractivity contribution in [2.24, 2.45) is 0 Å². The Kier molecular flexibility index (Phi) is 8.04. The van der Waals surface area contributed by atoms with Gasteiger partial charge in [0.2, 0.25) is 0 Å². The van der Waals surface area contributed by atoms with Gasteiger partial charge >= 0.3 is 166 Å². The second-order valence-electron chi connectivity index (χ2n) is 7.03. The molecule has 0 radical (unpaired) electrons. The van der Waals surface area contributed by atoms with Gasteiger partial charge in [0.1, 0.15) is 0 Å². The maximum Gasteiger partial charge on any atom is 1.00 e. The van der Waals surface area contributed by atoms with Crippen molar-refractivity contribution in [1.82, 2.24) is 0 Å². The third-order valence-corrected chi connectivity index (χ3v) is 14.1. The first-order valence-electron chi connectivity index (χ1n) is 9.24. The van der Waals surface area contributed by atoms with Gasteiger partial charge in [-0.3, -0.25) is 0 Å². The smallest absolute Gasteiger partial charge is 1.00 e. The predicted octanol–water partition coefficient (Wildman–Crippen LogP) is 3.04. The topological polar surface area (TPSA) is 0 Å². The molecule has 4 aromatic rings. The van der Waals surface area contributed by atoms with Crippen molar-refractivity contribution in [2.45, 2.75) is 6.16 Å². The molecule has 0 bridgehead atoms. The molecule has 1 atom stereocenters. The SMILES string of the molecule is Cl.PP(Cc1ccccc1)(c1ccccc1)(c1ccccc1)c1ccccc1.[Cl-].[H+]. The fourth-order valence-electron chi connectivity index (χ4n) is 3.99. The summed E-state index contributed by atoms with van der Waals surface area (Å²) in [5, 5.41) is 4.19. The van der Waals surface area contributed by atoms with Crippen molar-refractivity contribution < 1.29 is 13.8 Å². The minimum atomic E-state index is -2.76. The van der Waals surface area contributed by atoms with Gasteiger partial charge in [0.15, 0.2) is 0 Å². The van der Waals surface area contributed by atoms with Crippen molar-refractivity contribution in [3.8, 4) is 0 Å². The molecular formula is C25H26Cl2P2. The molecule has 0 aromatic heterocycles. The molecule has 0 N–H and O–H groups in total. The minimum Gasteiger partial charge on any atom is -1.00 e. The van der Waals surface area contributed by atoms with Gasteiger partial charge in [0, 0.05) is 0 Å². The van der Waals surface area contributed by atoms with E-state index in [0.717, 1.165) is 6.16 Å². The summed E-state index contributed by atoms with van der Waals surface area (Å²) < 4.78 is 0. The zero-order valence-electron chi connectivity index (χ0n) is 17.1. The normalized spacial score (nSPS) is 12.0. The Hall–Kier alpha value is -1.68. The average molecular weight is 459 g/mol. The number of rotatable bonds is 5. The van der Waals surface area contributed by atoms with Crippen LogP contribution in [0.25, 0.3) is 0 Å². The quantitative estimate of drug-likeness (QED) is 0.403. The van der Waals surface area contributed by atoms with Crippen molar-refractivity contribution in [3.63, 3.8) is 0 Å². The molecule has 0 aliphatic rings. The number of benzene rings is 4. The summed E-state index contributed by atoms with van der Waals surface area (Å²) in [4.78, 5) is 0. The van der Waals surface area contributed by atoms with Gasteiger partial charge in [0.25, 0.3) is 0 Å². The maximum absolute atomic E-state index is 3.40. The van der Waals surface area contributed by atoms with Crippen LogP contribution in [0.4, 0.5) is 0 Å². The first-order chi connectivity index (χ1) is 13.2. The Bertz CT molecular complexity index is 915. The summed E-state index contributed by atoms with van der Waals surface area (Å²) >= 11 is 0. The number of hydrogen-bond donors (Lipinski definition) is 0. The summed E-state index contributed by atoms with van der Waals surface area (Å²) in [6.45, 7) is 0. The van der Waals surface area contributed by atoms with E-state index in [-0.39, 0.29) is 26.2 Å². The average Bonchev–Trinajstić information content (AvgIpc) is 2.76. The summed E-state index contributed by atoms with van der Waals surface area (Å²) in [5.41, 5.74) is 1.36. The Balaban J connectivity index is 0.00000150. The molecule has 0 aliphatic carbocycles. The Morgan fingerprint density at radius 1 is 0.517 bits per heavy atom. The van der Waals surface area contributed by atoms with E-state index in [0.29, 0.717) is 0 Å². The Labute approximate surface area is 190 Å². The second kappa shape index (κ2) is 9.88. The zero-order valence-corrected chi connectivity index (χ0v) is 19.7. The van der Waals surface area contributed by atoms with Crippen molar-refractivity contribution in [3.05, 3.63) is 127 Å². The molecule has 0 spiro atoms. The van der Waals surface area contributed by atoms with Gasteiger partial charge in [-0.15, -0.1) is 12.4 Å². The van der Waals surface area contributed by atoms with Crippen LogP contribution < -0.4 is 28.3 Å². The summed E-state index contributed by atoms with van der Waals surface area (Å²) in [6.07, 6.45) is -1.78. The molecule has 0 heterocycles. The summed E-state index contributed by atoms with van der Waals surface area (Å²) in [5.74, 6) is 0. The van der Waals surface area contributed by atoms with Crippen LogP contribution in [0, 0.1) is 0 Å². The van der Waals surface area contributed by atoms with Crippen molar-refractivity contribution >= 4 is 43.5 Å². The zero-order chi connectivity index (χ0) is 18.6. The Morgan fingerprint density at radius 2 is 0.793 bits per heavy atom. The third-order valence-electron chi connectivity index (χ3n) is 5.39. The molecular weight excluding hydrogens is 433 g/mol. The van der Waals surface area contributed by atoms with E-state index in [4.69, 9.17) is 0 Å². The van der Waals surface area contributed by atoms with Crippen LogP contribution in [-0.4, -0.2) is 0 Å². The molecule has 4 heteroatoms. The molecule has 0 saturated carbocycles. The van der Waals surface area contributed by atoms with E-state index < -0.39 is 6.29 Å². The summed E-state index contributed by atoms with van der Waals surface area (Å²) in [6, 6.07) is 44.0. The second-order valence-corrected chi connectivity index (χ2v) is 15.1. The van der Waals surface area contributed by atoms with Gasteiger partial charge in [-0.25, -0.2) is 0 Å². The van der Waals surface area contributed by atoms with E-state index in [1.165, 1.54) is 21.5 Å². The van der Waals surface area contributed by atoms with E-state index in [1.54, 1.807) is 0 Å². The molecule has 29 heavy (non-hydrogen) atoms. The first kappa shape index (κ1) is 23.6. The molecule has 0 amide bonds. The van der Waals surface area contributed by atoms with Crippen LogP contribution in [0.15, 0.2) is 121 Å². The third kappa shape index (κ3) is 4.28. The van der Waals surface area contributed by atoms with E-state index in [1.807, 2.05) is 0 Å². The minimum absolute atomic E-state index is 0. The standard InChI is InChI=1S/C25H24P2.2ClH/c26-27(23-15-7-2-8-16-23,24-17-9-3-10-18-24,25-19-11-4-12-20-25)21-22-13-5-1-6-14-22;;/h1-20H,21,26H2;2*1H. The number of halogens is 2. The monoisotopic (exact) mass is 458 g/mol. The molecule has 0 aliphatic heterocycles. The van der Waals surface area contributed by atoms with E-state index in [9.17, 15) is 0 Å². The Morgan fingerprint density at radius 3 is 1.10 bits per heavy atom. The van der Waals surface area contributed by atoms with Gasteiger partial charge in [0.05, 0.1) is 0 Å². The molecule has 150 valence electrons. The van der Waals surface area contributed by atoms with Gasteiger partial charge in [-0.05, 0) is 0 Å². The number of hydrogen-bond acceptors (Lipinski definition) is 0. The van der Waals surface area contributed by atoms with Crippen LogP contribution in [-0.2, 0) is 6.16 Å². The fraction of sp³-hybridized carbons (Fsp3) is 0.0400. The summed E-state index contributed by atoms with van der Waals surface area (Å²) in [7, 11) is 3.40. The largest absolute Gasteiger partial charge is 1.00 e. The fourth-order valence-corrected chi connectivity index (χ4v) is 11.1. The van der Waals surface area contributed by atoms with Gasteiger partial charge < -0.3 is 12.4 Å².